The Morgan fingerprint density at radius 3 is 2.50 bits per heavy atom. The highest BCUT2D eigenvalue weighted by Crippen LogP contribution is 1.94. The highest BCUT2D eigenvalue weighted by Gasteiger charge is 2.08. The van der Waals surface area contributed by atoms with Crippen molar-refractivity contribution in [3.8, 4) is 6.07 Å². The molecule has 0 bridgehead atoms. The Balaban J connectivity index is 4.02. The molecule has 0 aliphatic heterocycles. The van der Waals surface area contributed by atoms with E-state index in [0.717, 1.165) is 32.6 Å². The second-order valence-electron chi connectivity index (χ2n) is 5.11. The summed E-state index contributed by atoms with van der Waals surface area (Å²) < 4.78 is 0. The fraction of sp³-hybridized carbons (Fsp3) is 0.733. The topological polar surface area (TPSA) is 68.2 Å². The molecule has 0 saturated carbocycles. The fourth-order valence-electron chi connectivity index (χ4n) is 1.66. The molecule has 0 aromatic rings. The molecule has 0 aliphatic carbocycles. The van der Waals surface area contributed by atoms with Crippen molar-refractivity contribution in [2.75, 3.05) is 32.7 Å². The molecule has 20 heavy (non-hydrogen) atoms. The molecule has 0 saturated heterocycles. The average Bonchev–Trinajstić information content (AvgIpc) is 2.44. The lowest BCUT2D eigenvalue weighted by atomic mass is 10.2. The molecule has 0 heterocycles. The lowest BCUT2D eigenvalue weighted by Gasteiger charge is -2.17. The molecule has 0 aromatic carbocycles. The number of rotatable bonds is 10. The first-order chi connectivity index (χ1) is 9.54. The van der Waals surface area contributed by atoms with Crippen molar-refractivity contribution in [2.24, 2.45) is 5.92 Å². The third-order valence-electron chi connectivity index (χ3n) is 2.97. The van der Waals surface area contributed by atoms with Crippen LogP contribution in [0, 0.1) is 17.2 Å². The lowest BCUT2D eigenvalue weighted by molar-refractivity contribution is -0.117. The normalized spacial score (nSPS) is 11.6. The van der Waals surface area contributed by atoms with E-state index < -0.39 is 0 Å². The van der Waals surface area contributed by atoms with Crippen LogP contribution in [0.15, 0.2) is 11.8 Å². The number of carbonyl (C=O) groups is 1. The number of nitriles is 1. The van der Waals surface area contributed by atoms with Gasteiger partial charge in [-0.05, 0) is 32.0 Å². The molecule has 1 amide bonds. The molecule has 5 nitrogen and oxygen atoms in total. The van der Waals surface area contributed by atoms with Crippen molar-refractivity contribution in [3.63, 3.8) is 0 Å². The maximum absolute atomic E-state index is 11.7. The molecule has 0 spiro atoms. The van der Waals surface area contributed by atoms with E-state index in [1.54, 1.807) is 0 Å². The maximum atomic E-state index is 11.7. The Morgan fingerprint density at radius 2 is 2.00 bits per heavy atom. The summed E-state index contributed by atoms with van der Waals surface area (Å²) in [5, 5.41) is 14.7. The van der Waals surface area contributed by atoms with Gasteiger partial charge in [-0.15, -0.1) is 0 Å². The van der Waals surface area contributed by atoms with Crippen LogP contribution < -0.4 is 10.6 Å². The van der Waals surface area contributed by atoms with Crippen molar-refractivity contribution in [1.29, 1.82) is 5.26 Å². The van der Waals surface area contributed by atoms with E-state index in [4.69, 9.17) is 5.26 Å². The van der Waals surface area contributed by atoms with Gasteiger partial charge in [0.2, 0.25) is 0 Å². The van der Waals surface area contributed by atoms with Gasteiger partial charge in [0.15, 0.2) is 0 Å². The molecule has 0 rings (SSSR count). The SMILES string of the molecule is CCN(CC)CCCN/C=C(/C#N)C(=O)NCC(C)C. The van der Waals surface area contributed by atoms with Crippen LogP contribution in [0.2, 0.25) is 0 Å². The van der Waals surface area contributed by atoms with Gasteiger partial charge in [0, 0.05) is 19.3 Å². The number of hydrogen-bond donors (Lipinski definition) is 2. The van der Waals surface area contributed by atoms with Crippen LogP contribution in [-0.4, -0.2) is 43.5 Å². The Bertz CT molecular complexity index is 340. The fourth-order valence-corrected chi connectivity index (χ4v) is 1.66. The average molecular weight is 280 g/mol. The first-order valence-electron chi connectivity index (χ1n) is 7.39. The summed E-state index contributed by atoms with van der Waals surface area (Å²) in [5.74, 6) is 0.0679. The molecule has 0 radical (unpaired) electrons. The van der Waals surface area contributed by atoms with Crippen molar-refractivity contribution in [3.05, 3.63) is 11.8 Å². The van der Waals surface area contributed by atoms with Crippen molar-refractivity contribution >= 4 is 5.91 Å². The minimum Gasteiger partial charge on any atom is -0.390 e. The second kappa shape index (κ2) is 11.3. The summed E-state index contributed by atoms with van der Waals surface area (Å²) in [5.41, 5.74) is 0.133. The molecular weight excluding hydrogens is 252 g/mol. The van der Waals surface area contributed by atoms with Gasteiger partial charge in [0.1, 0.15) is 11.6 Å². The van der Waals surface area contributed by atoms with E-state index in [1.807, 2.05) is 19.9 Å². The van der Waals surface area contributed by atoms with Gasteiger partial charge in [-0.3, -0.25) is 4.79 Å². The van der Waals surface area contributed by atoms with E-state index in [-0.39, 0.29) is 11.5 Å². The Kier molecular flexibility index (Phi) is 10.4. The number of amides is 1. The number of nitrogens with zero attached hydrogens (tertiary/aromatic N) is 2. The highest BCUT2D eigenvalue weighted by atomic mass is 16.1. The van der Waals surface area contributed by atoms with Crippen LogP contribution in [0.4, 0.5) is 0 Å². The van der Waals surface area contributed by atoms with E-state index in [2.05, 4.69) is 29.4 Å². The zero-order chi connectivity index (χ0) is 15.4. The Morgan fingerprint density at radius 1 is 1.35 bits per heavy atom. The van der Waals surface area contributed by atoms with Gasteiger partial charge in [0.25, 0.3) is 5.91 Å². The third-order valence-corrected chi connectivity index (χ3v) is 2.97. The van der Waals surface area contributed by atoms with Gasteiger partial charge in [-0.25, -0.2) is 0 Å². The minimum atomic E-state index is -0.308. The van der Waals surface area contributed by atoms with Crippen LogP contribution in [0.5, 0.6) is 0 Å². The molecular formula is C15H28N4O. The summed E-state index contributed by atoms with van der Waals surface area (Å²) in [6.45, 7) is 12.8. The zero-order valence-corrected chi connectivity index (χ0v) is 13.2. The van der Waals surface area contributed by atoms with Gasteiger partial charge in [-0.1, -0.05) is 27.7 Å². The van der Waals surface area contributed by atoms with E-state index in [1.165, 1.54) is 6.20 Å². The van der Waals surface area contributed by atoms with E-state index >= 15 is 0 Å². The quantitative estimate of drug-likeness (QED) is 0.361. The summed E-state index contributed by atoms with van der Waals surface area (Å²) in [6, 6.07) is 1.92. The molecule has 0 fully saturated rings. The first-order valence-corrected chi connectivity index (χ1v) is 7.39. The first kappa shape index (κ1) is 18.5. The van der Waals surface area contributed by atoms with E-state index in [9.17, 15) is 4.79 Å². The smallest absolute Gasteiger partial charge is 0.263 e. The van der Waals surface area contributed by atoms with Crippen LogP contribution >= 0.6 is 0 Å². The summed E-state index contributed by atoms with van der Waals surface area (Å²) in [7, 11) is 0. The van der Waals surface area contributed by atoms with Gasteiger partial charge < -0.3 is 15.5 Å². The molecule has 0 aromatic heterocycles. The molecule has 0 unspecified atom stereocenters. The van der Waals surface area contributed by atoms with Gasteiger partial charge >= 0.3 is 0 Å². The summed E-state index contributed by atoms with van der Waals surface area (Å²) in [4.78, 5) is 14.0. The second-order valence-corrected chi connectivity index (χ2v) is 5.11. The van der Waals surface area contributed by atoms with Gasteiger partial charge in [0.05, 0.1) is 0 Å². The zero-order valence-electron chi connectivity index (χ0n) is 13.2. The third kappa shape index (κ3) is 8.54. The van der Waals surface area contributed by atoms with Gasteiger partial charge in [-0.2, -0.15) is 5.26 Å². The monoisotopic (exact) mass is 280 g/mol. The van der Waals surface area contributed by atoms with Crippen molar-refractivity contribution in [1.82, 2.24) is 15.5 Å². The number of nitrogens with one attached hydrogen (secondary N) is 2. The Hall–Kier alpha value is -1.54. The molecule has 0 aliphatic rings. The van der Waals surface area contributed by atoms with Crippen LogP contribution in [0.1, 0.15) is 34.1 Å². The van der Waals surface area contributed by atoms with Crippen LogP contribution in [0.3, 0.4) is 0 Å². The standard InChI is InChI=1S/C15H28N4O/c1-5-19(6-2)9-7-8-17-12-14(10-16)15(20)18-11-13(3)4/h12-13,17H,5-9,11H2,1-4H3,(H,18,20)/b14-12-. The van der Waals surface area contributed by atoms with Crippen LogP contribution in [0.25, 0.3) is 0 Å². The summed E-state index contributed by atoms with van der Waals surface area (Å²) in [6.07, 6.45) is 2.50. The predicted octanol–water partition coefficient (Wildman–Crippen LogP) is 1.49. The summed E-state index contributed by atoms with van der Waals surface area (Å²) >= 11 is 0. The van der Waals surface area contributed by atoms with E-state index in [0.29, 0.717) is 12.5 Å². The number of carbonyl (C=O) groups excluding carboxylic acids is 1. The highest BCUT2D eigenvalue weighted by molar-refractivity contribution is 5.97. The maximum Gasteiger partial charge on any atom is 0.263 e. The molecule has 0 atom stereocenters. The van der Waals surface area contributed by atoms with Crippen molar-refractivity contribution < 1.29 is 4.79 Å². The minimum absolute atomic E-state index is 0.133. The van der Waals surface area contributed by atoms with Crippen LogP contribution in [-0.2, 0) is 4.79 Å². The molecule has 114 valence electrons. The Labute approximate surface area is 123 Å². The van der Waals surface area contributed by atoms with Crippen molar-refractivity contribution in [2.45, 2.75) is 34.1 Å². The largest absolute Gasteiger partial charge is 0.390 e. The predicted molar refractivity (Wildman–Crippen MR) is 82.0 cm³/mol. The number of hydrogen-bond acceptors (Lipinski definition) is 4. The molecule has 2 N–H and O–H groups in total. The lowest BCUT2D eigenvalue weighted by Crippen LogP contribution is -2.29. The molecule has 5 heteroatoms.